The summed E-state index contributed by atoms with van der Waals surface area (Å²) in [5.41, 5.74) is 9.30. The zero-order valence-corrected chi connectivity index (χ0v) is 23.9. The molecule has 0 amide bonds. The number of fused-ring (bicyclic) bond motifs is 2. The van der Waals surface area contributed by atoms with E-state index >= 15 is 0 Å². The molecule has 5 rings (SSSR count). The highest BCUT2D eigenvalue weighted by Crippen LogP contribution is 2.38. The van der Waals surface area contributed by atoms with Gasteiger partial charge < -0.3 is 14.8 Å². The van der Waals surface area contributed by atoms with Crippen molar-refractivity contribution in [2.24, 2.45) is 23.9 Å². The lowest BCUT2D eigenvalue weighted by atomic mass is 9.91. The van der Waals surface area contributed by atoms with Gasteiger partial charge in [-0.3, -0.25) is 4.99 Å². The Labute approximate surface area is 229 Å². The molecular weight excluding hydrogens is 466 g/mol. The number of aryl methyl sites for hydroxylation is 2. The number of allylic oxidation sites excluding steroid dienone is 5. The highest BCUT2D eigenvalue weighted by atomic mass is 15.2. The molecule has 2 saturated heterocycles. The second-order valence-corrected chi connectivity index (χ2v) is 11.4. The van der Waals surface area contributed by atoms with Crippen molar-refractivity contribution in [3.05, 3.63) is 65.7 Å². The summed E-state index contributed by atoms with van der Waals surface area (Å²) < 4.78 is 2.31. The van der Waals surface area contributed by atoms with Crippen molar-refractivity contribution in [3.63, 3.8) is 0 Å². The average molecular weight is 512 g/mol. The topological polar surface area (TPSA) is 45.5 Å². The molecule has 38 heavy (non-hydrogen) atoms. The first-order chi connectivity index (χ1) is 18.4. The van der Waals surface area contributed by atoms with Gasteiger partial charge in [-0.1, -0.05) is 39.0 Å². The number of hydrogen-bond acceptors (Lipinski definition) is 4. The molecule has 5 heteroatoms. The van der Waals surface area contributed by atoms with Crippen LogP contribution in [0, 0.1) is 11.8 Å². The first-order valence-electron chi connectivity index (χ1n) is 14.6. The molecule has 2 unspecified atom stereocenters. The lowest BCUT2D eigenvalue weighted by molar-refractivity contribution is 0.231. The highest BCUT2D eigenvalue weighted by molar-refractivity contribution is 5.87. The predicted octanol–water partition coefficient (Wildman–Crippen LogP) is 6.91. The van der Waals surface area contributed by atoms with E-state index in [-0.39, 0.29) is 0 Å². The number of piperidine rings is 1. The van der Waals surface area contributed by atoms with Crippen molar-refractivity contribution in [1.82, 2.24) is 19.8 Å². The van der Waals surface area contributed by atoms with Gasteiger partial charge in [-0.15, -0.1) is 0 Å². The summed E-state index contributed by atoms with van der Waals surface area (Å²) in [5, 5.41) is 3.71. The van der Waals surface area contributed by atoms with Gasteiger partial charge >= 0.3 is 0 Å². The molecule has 2 atom stereocenters. The van der Waals surface area contributed by atoms with Crippen molar-refractivity contribution in [1.29, 1.82) is 0 Å². The number of benzene rings is 1. The number of hydrogen-bond donors (Lipinski definition) is 1. The van der Waals surface area contributed by atoms with Gasteiger partial charge in [0.25, 0.3) is 0 Å². The van der Waals surface area contributed by atoms with Gasteiger partial charge in [-0.2, -0.15) is 0 Å². The molecule has 3 aliphatic rings. The molecule has 202 valence electrons. The van der Waals surface area contributed by atoms with Crippen LogP contribution in [0.2, 0.25) is 0 Å². The van der Waals surface area contributed by atoms with Crippen LogP contribution in [-0.2, 0) is 13.5 Å². The summed E-state index contributed by atoms with van der Waals surface area (Å²) >= 11 is 0. The summed E-state index contributed by atoms with van der Waals surface area (Å²) in [5.74, 6) is 2.74. The molecule has 0 radical (unpaired) electrons. The van der Waals surface area contributed by atoms with E-state index in [4.69, 9.17) is 4.98 Å². The molecule has 0 spiro atoms. The van der Waals surface area contributed by atoms with Crippen LogP contribution >= 0.6 is 0 Å². The molecule has 1 aliphatic carbocycles. The Hall–Kier alpha value is -2.92. The Kier molecular flexibility index (Phi) is 8.04. The average Bonchev–Trinajstić information content (AvgIpc) is 3.54. The fourth-order valence-corrected chi connectivity index (χ4v) is 6.41. The minimum atomic E-state index is 0.600. The fraction of sp³-hybridized carbons (Fsp3) is 0.515. The van der Waals surface area contributed by atoms with Crippen LogP contribution in [0.25, 0.3) is 22.3 Å². The largest absolute Gasteiger partial charge is 0.370 e. The van der Waals surface area contributed by atoms with Gasteiger partial charge in [-0.25, -0.2) is 4.98 Å². The number of likely N-dealkylation sites (tertiary alicyclic amines) is 1. The van der Waals surface area contributed by atoms with E-state index in [1.807, 2.05) is 19.2 Å². The lowest BCUT2D eigenvalue weighted by Crippen LogP contribution is -2.45. The van der Waals surface area contributed by atoms with E-state index in [1.165, 1.54) is 54.3 Å². The second-order valence-electron chi connectivity index (χ2n) is 11.4. The first kappa shape index (κ1) is 26.7. The maximum atomic E-state index is 5.28. The van der Waals surface area contributed by atoms with Gasteiger partial charge in [0.2, 0.25) is 0 Å². The molecule has 0 bridgehead atoms. The van der Waals surface area contributed by atoms with Crippen LogP contribution in [0.5, 0.6) is 0 Å². The Morgan fingerprint density at radius 2 is 2.05 bits per heavy atom. The van der Waals surface area contributed by atoms with Crippen molar-refractivity contribution in [2.75, 3.05) is 19.6 Å². The lowest BCUT2D eigenvalue weighted by Gasteiger charge is -2.37. The summed E-state index contributed by atoms with van der Waals surface area (Å²) in [7, 11) is 2.17. The van der Waals surface area contributed by atoms with E-state index in [1.54, 1.807) is 0 Å². The molecular formula is C33H45N5. The maximum absolute atomic E-state index is 5.28. The van der Waals surface area contributed by atoms with Crippen LogP contribution in [0.1, 0.15) is 76.2 Å². The third kappa shape index (κ3) is 5.44. The fourth-order valence-electron chi connectivity index (χ4n) is 6.41. The molecule has 1 N–H and O–H groups in total. The van der Waals surface area contributed by atoms with E-state index in [0.717, 1.165) is 72.6 Å². The summed E-state index contributed by atoms with van der Waals surface area (Å²) in [6.07, 6.45) is 14.5. The smallest absolute Gasteiger partial charge is 0.136 e. The van der Waals surface area contributed by atoms with Crippen LogP contribution in [0.4, 0.5) is 0 Å². The zero-order chi connectivity index (χ0) is 26.8. The Balaban J connectivity index is 1.53. The summed E-state index contributed by atoms with van der Waals surface area (Å²) in [6.45, 7) is 18.2. The number of aliphatic imine (C=N–C) groups is 1. The van der Waals surface area contributed by atoms with Gasteiger partial charge in [0.15, 0.2) is 0 Å². The van der Waals surface area contributed by atoms with Crippen molar-refractivity contribution in [3.8, 4) is 0 Å². The Bertz CT molecular complexity index is 1300. The summed E-state index contributed by atoms with van der Waals surface area (Å²) in [4.78, 5) is 12.3. The monoisotopic (exact) mass is 511 g/mol. The minimum absolute atomic E-state index is 0.600. The van der Waals surface area contributed by atoms with E-state index in [2.05, 4.69) is 72.0 Å². The molecule has 1 aromatic carbocycles. The third-order valence-electron chi connectivity index (χ3n) is 8.92. The van der Waals surface area contributed by atoms with Crippen LogP contribution in [0.3, 0.4) is 0 Å². The first-order valence-corrected chi connectivity index (χ1v) is 14.6. The highest BCUT2D eigenvalue weighted by Gasteiger charge is 2.33. The van der Waals surface area contributed by atoms with E-state index in [9.17, 15) is 0 Å². The van der Waals surface area contributed by atoms with Crippen molar-refractivity contribution in [2.45, 2.75) is 71.8 Å². The number of aromatic nitrogens is 2. The van der Waals surface area contributed by atoms with Crippen molar-refractivity contribution >= 4 is 28.5 Å². The standard InChI is InChI=1S/C33H45N5/c1-7-25(22(4)34-9-3)18-28(13-12-24-10-11-24)33-36-30-20-29(19-26(8-2)32(30)37(33)6)23(5)38-17-15-27-14-16-35-31(27)21-38/h7,9,18-20,24,27,31,35H,1,5,8,10-17,21H2,2-4,6H3/b25-22+,28-18+,34-9-. The van der Waals surface area contributed by atoms with Crippen LogP contribution in [0.15, 0.2) is 53.7 Å². The molecule has 2 aromatic rings. The normalized spacial score (nSPS) is 22.7. The number of rotatable bonds is 10. The molecule has 5 nitrogen and oxygen atoms in total. The Morgan fingerprint density at radius 3 is 2.76 bits per heavy atom. The molecule has 3 fully saturated rings. The van der Waals surface area contributed by atoms with Crippen molar-refractivity contribution < 1.29 is 0 Å². The molecule has 2 aliphatic heterocycles. The predicted molar refractivity (Wildman–Crippen MR) is 162 cm³/mol. The van der Waals surface area contributed by atoms with Gasteiger partial charge in [0.1, 0.15) is 5.82 Å². The van der Waals surface area contributed by atoms with Gasteiger partial charge in [-0.05, 0) is 105 Å². The zero-order valence-electron chi connectivity index (χ0n) is 23.9. The SMILES string of the molecule is C=CC(/C=C(\CCC1CC1)c1nc2cc(C(=C)N3CCC4CCNC4C3)cc(CC)c2n1C)=C(C)\N=C/C. The maximum Gasteiger partial charge on any atom is 0.136 e. The Morgan fingerprint density at radius 1 is 1.24 bits per heavy atom. The van der Waals surface area contributed by atoms with Gasteiger partial charge in [0, 0.05) is 43.8 Å². The van der Waals surface area contributed by atoms with Crippen LogP contribution in [-0.4, -0.2) is 46.3 Å². The minimum Gasteiger partial charge on any atom is -0.370 e. The van der Waals surface area contributed by atoms with E-state index < -0.39 is 0 Å². The molecule has 3 heterocycles. The second kappa shape index (κ2) is 11.4. The quantitative estimate of drug-likeness (QED) is 0.278. The molecule has 1 aromatic heterocycles. The third-order valence-corrected chi connectivity index (χ3v) is 8.92. The van der Waals surface area contributed by atoms with Gasteiger partial charge in [0.05, 0.1) is 11.0 Å². The van der Waals surface area contributed by atoms with Crippen LogP contribution < -0.4 is 5.32 Å². The number of nitrogens with zero attached hydrogens (tertiary/aromatic N) is 4. The number of nitrogens with one attached hydrogen (secondary N) is 1. The number of imidazole rings is 1. The van der Waals surface area contributed by atoms with E-state index in [0.29, 0.717) is 6.04 Å². The summed E-state index contributed by atoms with van der Waals surface area (Å²) in [6, 6.07) is 5.22. The molecule has 1 saturated carbocycles.